The van der Waals surface area contributed by atoms with Crippen molar-refractivity contribution >= 4 is 32.9 Å². The lowest BCUT2D eigenvalue weighted by Gasteiger charge is -2.08. The van der Waals surface area contributed by atoms with Gasteiger partial charge >= 0.3 is 0 Å². The van der Waals surface area contributed by atoms with Crippen molar-refractivity contribution in [2.45, 2.75) is 18.0 Å². The number of sulfonamides is 1. The van der Waals surface area contributed by atoms with Crippen molar-refractivity contribution in [2.75, 3.05) is 0 Å². The van der Waals surface area contributed by atoms with E-state index < -0.39 is 15.9 Å². The quantitative estimate of drug-likeness (QED) is 0.470. The molecule has 0 radical (unpaired) electrons. The summed E-state index contributed by atoms with van der Waals surface area (Å²) in [6, 6.07) is 15.1. The summed E-state index contributed by atoms with van der Waals surface area (Å²) in [5.74, 6) is 0.184. The molecule has 4 rings (SSSR count). The fourth-order valence-corrected chi connectivity index (χ4v) is 4.53. The molecule has 2 N–H and O–H groups in total. The van der Waals surface area contributed by atoms with Gasteiger partial charge in [0.25, 0.3) is 5.91 Å². The van der Waals surface area contributed by atoms with Gasteiger partial charge in [0, 0.05) is 23.2 Å². The summed E-state index contributed by atoms with van der Waals surface area (Å²) in [5.41, 5.74) is 0.930. The topological polar surface area (TPSA) is 105 Å². The number of hydrogen-bond acceptors (Lipinski definition) is 6. The Kier molecular flexibility index (Phi) is 5.38. The maximum absolute atomic E-state index is 12.5. The number of nitrogens with zero attached hydrogens (tertiary/aromatic N) is 3. The molecule has 0 saturated carbocycles. The van der Waals surface area contributed by atoms with Crippen molar-refractivity contribution in [1.82, 2.24) is 24.6 Å². The average molecular weight is 428 g/mol. The van der Waals surface area contributed by atoms with Gasteiger partial charge in [0.05, 0.1) is 11.4 Å². The standard InChI is InChI=1S/C19H17N5O3S2/c25-19(20-13-18-23-22-17-8-1-2-9-24(17)18)14-5-3-7-16(11-14)29(26,27)21-12-15-6-4-10-28-15/h1-11,21H,12-13H2,(H,20,25). The lowest BCUT2D eigenvalue weighted by atomic mass is 10.2. The van der Waals surface area contributed by atoms with E-state index in [0.717, 1.165) is 4.88 Å². The van der Waals surface area contributed by atoms with E-state index >= 15 is 0 Å². The van der Waals surface area contributed by atoms with Gasteiger partial charge in [-0.25, -0.2) is 13.1 Å². The minimum atomic E-state index is -3.73. The molecule has 29 heavy (non-hydrogen) atoms. The molecular weight excluding hydrogens is 410 g/mol. The molecule has 10 heteroatoms. The molecule has 0 atom stereocenters. The highest BCUT2D eigenvalue weighted by atomic mass is 32.2. The van der Waals surface area contributed by atoms with Gasteiger partial charge in [-0.05, 0) is 41.8 Å². The summed E-state index contributed by atoms with van der Waals surface area (Å²) in [7, 11) is -3.73. The highest BCUT2D eigenvalue weighted by Crippen LogP contribution is 2.14. The highest BCUT2D eigenvalue weighted by Gasteiger charge is 2.17. The van der Waals surface area contributed by atoms with Gasteiger partial charge in [0.2, 0.25) is 10.0 Å². The van der Waals surface area contributed by atoms with Gasteiger partial charge in [-0.2, -0.15) is 0 Å². The van der Waals surface area contributed by atoms with Gasteiger partial charge < -0.3 is 5.32 Å². The molecule has 1 amide bonds. The largest absolute Gasteiger partial charge is 0.345 e. The third kappa shape index (κ3) is 4.34. The highest BCUT2D eigenvalue weighted by molar-refractivity contribution is 7.89. The first-order valence-corrected chi connectivity index (χ1v) is 11.1. The molecule has 148 valence electrons. The Morgan fingerprint density at radius 1 is 1.03 bits per heavy atom. The van der Waals surface area contributed by atoms with Gasteiger partial charge in [0.1, 0.15) is 0 Å². The smallest absolute Gasteiger partial charge is 0.251 e. The predicted molar refractivity (Wildman–Crippen MR) is 109 cm³/mol. The summed E-state index contributed by atoms with van der Waals surface area (Å²) >= 11 is 1.47. The number of thiophene rings is 1. The second-order valence-corrected chi connectivity index (χ2v) is 8.96. The van der Waals surface area contributed by atoms with Crippen molar-refractivity contribution in [2.24, 2.45) is 0 Å². The molecular formula is C19H17N5O3S2. The fraction of sp³-hybridized carbons (Fsp3) is 0.105. The number of amides is 1. The van der Waals surface area contributed by atoms with E-state index in [0.29, 0.717) is 11.5 Å². The molecule has 0 bridgehead atoms. The number of hydrogen-bond donors (Lipinski definition) is 2. The Hall–Kier alpha value is -3.08. The lowest BCUT2D eigenvalue weighted by Crippen LogP contribution is -2.25. The number of fused-ring (bicyclic) bond motifs is 1. The van der Waals surface area contributed by atoms with Gasteiger partial charge in [0.15, 0.2) is 11.5 Å². The van der Waals surface area contributed by atoms with Crippen molar-refractivity contribution in [3.63, 3.8) is 0 Å². The first kappa shape index (κ1) is 19.2. The summed E-state index contributed by atoms with van der Waals surface area (Å²) in [4.78, 5) is 13.5. The van der Waals surface area contributed by atoms with Crippen LogP contribution in [0.15, 0.2) is 71.1 Å². The van der Waals surface area contributed by atoms with Crippen LogP contribution in [0.1, 0.15) is 21.1 Å². The summed E-state index contributed by atoms with van der Waals surface area (Å²) in [5, 5.41) is 12.7. The molecule has 8 nitrogen and oxygen atoms in total. The molecule has 0 aliphatic carbocycles. The zero-order chi connectivity index (χ0) is 20.3. The molecule has 4 aromatic rings. The fourth-order valence-electron chi connectivity index (χ4n) is 2.74. The van der Waals surface area contributed by atoms with E-state index in [1.54, 1.807) is 16.5 Å². The van der Waals surface area contributed by atoms with Crippen molar-refractivity contribution < 1.29 is 13.2 Å². The Morgan fingerprint density at radius 3 is 2.76 bits per heavy atom. The van der Waals surface area contributed by atoms with Crippen molar-refractivity contribution in [3.8, 4) is 0 Å². The molecule has 0 unspecified atom stereocenters. The van der Waals surface area contributed by atoms with Crippen LogP contribution in [0.25, 0.3) is 5.65 Å². The van der Waals surface area contributed by atoms with Crippen LogP contribution >= 0.6 is 11.3 Å². The predicted octanol–water partition coefficient (Wildman–Crippen LogP) is 2.20. The monoisotopic (exact) mass is 427 g/mol. The third-order valence-electron chi connectivity index (χ3n) is 4.21. The molecule has 0 aliphatic rings. The minimum Gasteiger partial charge on any atom is -0.345 e. The van der Waals surface area contributed by atoms with Crippen molar-refractivity contribution in [1.29, 1.82) is 0 Å². The van der Waals surface area contributed by atoms with Crippen LogP contribution in [0.2, 0.25) is 0 Å². The summed E-state index contributed by atoms with van der Waals surface area (Å²) in [6.45, 7) is 0.369. The zero-order valence-corrected chi connectivity index (χ0v) is 16.8. The number of carbonyl (C=O) groups is 1. The number of nitrogens with one attached hydrogen (secondary N) is 2. The normalized spacial score (nSPS) is 11.6. The van der Waals surface area contributed by atoms with Crippen LogP contribution in [-0.2, 0) is 23.1 Å². The van der Waals surface area contributed by atoms with Crippen molar-refractivity contribution in [3.05, 3.63) is 82.4 Å². The Balaban J connectivity index is 1.45. The molecule has 3 heterocycles. The second kappa shape index (κ2) is 8.11. The second-order valence-electron chi connectivity index (χ2n) is 6.16. The number of rotatable bonds is 7. The minimum absolute atomic E-state index is 0.0367. The molecule has 0 aliphatic heterocycles. The maximum atomic E-state index is 12.5. The number of pyridine rings is 1. The number of carbonyl (C=O) groups excluding carboxylic acids is 1. The van der Waals surface area contributed by atoms with E-state index in [-0.39, 0.29) is 23.5 Å². The third-order valence-corrected chi connectivity index (χ3v) is 6.49. The Labute approximate surface area is 171 Å². The van der Waals surface area contributed by atoms with Crippen LogP contribution in [0, 0.1) is 0 Å². The van der Waals surface area contributed by atoms with Gasteiger partial charge in [-0.3, -0.25) is 9.20 Å². The summed E-state index contributed by atoms with van der Waals surface area (Å²) < 4.78 is 29.4. The van der Waals surface area contributed by atoms with E-state index in [1.807, 2.05) is 41.9 Å². The maximum Gasteiger partial charge on any atom is 0.251 e. The van der Waals surface area contributed by atoms with Crippen LogP contribution < -0.4 is 10.0 Å². The van der Waals surface area contributed by atoms with Crippen LogP contribution in [0.3, 0.4) is 0 Å². The Morgan fingerprint density at radius 2 is 1.93 bits per heavy atom. The van der Waals surface area contributed by atoms with E-state index in [1.165, 1.54) is 23.5 Å². The molecule has 1 aromatic carbocycles. The SMILES string of the molecule is O=C(NCc1nnc2ccccn12)c1cccc(S(=O)(=O)NCc2cccs2)c1. The first-order chi connectivity index (χ1) is 14.0. The number of benzene rings is 1. The van der Waals surface area contributed by atoms with E-state index in [9.17, 15) is 13.2 Å². The number of aromatic nitrogens is 3. The molecule has 0 saturated heterocycles. The first-order valence-electron chi connectivity index (χ1n) is 8.72. The Bertz CT molecular complexity index is 1250. The van der Waals surface area contributed by atoms with Crippen LogP contribution in [-0.4, -0.2) is 28.9 Å². The average Bonchev–Trinajstić information content (AvgIpc) is 3.40. The van der Waals surface area contributed by atoms with Crippen LogP contribution in [0.5, 0.6) is 0 Å². The lowest BCUT2D eigenvalue weighted by molar-refractivity contribution is 0.0949. The summed E-state index contributed by atoms with van der Waals surface area (Å²) in [6.07, 6.45) is 1.81. The van der Waals surface area contributed by atoms with Gasteiger partial charge in [-0.15, -0.1) is 21.5 Å². The molecule has 0 spiro atoms. The van der Waals surface area contributed by atoms with Crippen LogP contribution in [0.4, 0.5) is 0 Å². The van der Waals surface area contributed by atoms with E-state index in [2.05, 4.69) is 20.2 Å². The molecule has 3 aromatic heterocycles. The zero-order valence-electron chi connectivity index (χ0n) is 15.1. The van der Waals surface area contributed by atoms with Gasteiger partial charge in [-0.1, -0.05) is 18.2 Å². The van der Waals surface area contributed by atoms with E-state index in [4.69, 9.17) is 0 Å². The molecule has 0 fully saturated rings.